The van der Waals surface area contributed by atoms with E-state index in [1.807, 2.05) is 0 Å². The van der Waals surface area contributed by atoms with E-state index in [1.54, 1.807) is 30.9 Å². The molecule has 0 aromatic heterocycles. The summed E-state index contributed by atoms with van der Waals surface area (Å²) in [5.41, 5.74) is 0.920. The molecule has 0 spiro atoms. The molecule has 20 heavy (non-hydrogen) atoms. The standard InChI is InChI=1S/C15H20FNO3/c1-3-14(18)17(10-11(2)15(19)20)9-8-12-4-6-13(16)7-5-12/h4-7,11H,3,8-10H2,1-2H3,(H,19,20). The highest BCUT2D eigenvalue weighted by Gasteiger charge is 2.19. The number of carbonyl (C=O) groups is 2. The predicted octanol–water partition coefficient (Wildman–Crippen LogP) is 2.33. The van der Waals surface area contributed by atoms with Crippen LogP contribution >= 0.6 is 0 Å². The Labute approximate surface area is 118 Å². The van der Waals surface area contributed by atoms with E-state index in [1.165, 1.54) is 12.1 Å². The molecule has 110 valence electrons. The summed E-state index contributed by atoms with van der Waals surface area (Å²) in [4.78, 5) is 24.3. The molecule has 0 aliphatic rings. The third-order valence-corrected chi connectivity index (χ3v) is 3.15. The van der Waals surface area contributed by atoms with E-state index in [9.17, 15) is 14.0 Å². The Balaban J connectivity index is 2.63. The fourth-order valence-electron chi connectivity index (χ4n) is 1.87. The van der Waals surface area contributed by atoms with E-state index in [2.05, 4.69) is 0 Å². The smallest absolute Gasteiger partial charge is 0.308 e. The Hall–Kier alpha value is -1.91. The van der Waals surface area contributed by atoms with E-state index in [4.69, 9.17) is 5.11 Å². The van der Waals surface area contributed by atoms with Crippen molar-refractivity contribution >= 4 is 11.9 Å². The van der Waals surface area contributed by atoms with E-state index >= 15 is 0 Å². The molecule has 0 aliphatic heterocycles. The predicted molar refractivity (Wildman–Crippen MR) is 73.8 cm³/mol. The topological polar surface area (TPSA) is 57.6 Å². The van der Waals surface area contributed by atoms with Gasteiger partial charge in [-0.25, -0.2) is 4.39 Å². The summed E-state index contributed by atoms with van der Waals surface area (Å²) in [5, 5.41) is 8.92. The third-order valence-electron chi connectivity index (χ3n) is 3.15. The molecule has 1 N–H and O–H groups in total. The number of carboxylic acids is 1. The van der Waals surface area contributed by atoms with Gasteiger partial charge in [-0.3, -0.25) is 9.59 Å². The molecule has 5 heteroatoms. The first kappa shape index (κ1) is 16.1. The zero-order valence-corrected chi connectivity index (χ0v) is 11.8. The lowest BCUT2D eigenvalue weighted by Gasteiger charge is -2.24. The SMILES string of the molecule is CCC(=O)N(CCc1ccc(F)cc1)CC(C)C(=O)O. The lowest BCUT2D eigenvalue weighted by atomic mass is 10.1. The van der Waals surface area contributed by atoms with E-state index in [0.717, 1.165) is 5.56 Å². The van der Waals surface area contributed by atoms with Crippen LogP contribution in [0.2, 0.25) is 0 Å². The lowest BCUT2D eigenvalue weighted by Crippen LogP contribution is -2.37. The first-order valence-corrected chi connectivity index (χ1v) is 6.69. The van der Waals surface area contributed by atoms with Crippen LogP contribution < -0.4 is 0 Å². The van der Waals surface area contributed by atoms with Crippen molar-refractivity contribution in [2.24, 2.45) is 5.92 Å². The Kier molecular flexibility index (Phi) is 6.15. The van der Waals surface area contributed by atoms with E-state index < -0.39 is 11.9 Å². The molecule has 1 aromatic carbocycles. The number of nitrogens with zero attached hydrogens (tertiary/aromatic N) is 1. The van der Waals surface area contributed by atoms with Gasteiger partial charge in [0, 0.05) is 19.5 Å². The average molecular weight is 281 g/mol. The fourth-order valence-corrected chi connectivity index (χ4v) is 1.87. The van der Waals surface area contributed by atoms with Gasteiger partial charge >= 0.3 is 5.97 Å². The summed E-state index contributed by atoms with van der Waals surface area (Å²) in [7, 11) is 0. The van der Waals surface area contributed by atoms with Gasteiger partial charge in [-0.2, -0.15) is 0 Å². The maximum absolute atomic E-state index is 12.8. The molecule has 0 fully saturated rings. The van der Waals surface area contributed by atoms with Crippen molar-refractivity contribution in [2.45, 2.75) is 26.7 Å². The molecule has 0 saturated carbocycles. The normalized spacial score (nSPS) is 11.9. The van der Waals surface area contributed by atoms with Crippen LogP contribution in [-0.2, 0) is 16.0 Å². The molecule has 0 radical (unpaired) electrons. The largest absolute Gasteiger partial charge is 0.481 e. The molecule has 0 saturated heterocycles. The number of carbonyl (C=O) groups excluding carboxylic acids is 1. The summed E-state index contributed by atoms with van der Waals surface area (Å²) < 4.78 is 12.8. The minimum Gasteiger partial charge on any atom is -0.481 e. The molecule has 1 atom stereocenters. The van der Waals surface area contributed by atoms with Crippen LogP contribution in [0.4, 0.5) is 4.39 Å². The van der Waals surface area contributed by atoms with Gasteiger partial charge in [-0.1, -0.05) is 26.0 Å². The molecule has 1 unspecified atom stereocenters. The average Bonchev–Trinajstić information content (AvgIpc) is 2.43. The summed E-state index contributed by atoms with van der Waals surface area (Å²) in [6.07, 6.45) is 0.925. The summed E-state index contributed by atoms with van der Waals surface area (Å²) in [6, 6.07) is 6.09. The zero-order valence-electron chi connectivity index (χ0n) is 11.8. The van der Waals surface area contributed by atoms with Crippen molar-refractivity contribution < 1.29 is 19.1 Å². The first-order chi connectivity index (χ1) is 9.43. The second kappa shape index (κ2) is 7.62. The Morgan fingerprint density at radius 3 is 2.40 bits per heavy atom. The van der Waals surface area contributed by atoms with Gasteiger partial charge in [-0.05, 0) is 24.1 Å². The highest BCUT2D eigenvalue weighted by atomic mass is 19.1. The van der Waals surface area contributed by atoms with Crippen molar-refractivity contribution in [3.8, 4) is 0 Å². The second-order valence-corrected chi connectivity index (χ2v) is 4.81. The maximum Gasteiger partial charge on any atom is 0.308 e. The van der Waals surface area contributed by atoms with Gasteiger partial charge in [0.2, 0.25) is 5.91 Å². The fraction of sp³-hybridized carbons (Fsp3) is 0.467. The van der Waals surface area contributed by atoms with Gasteiger partial charge in [0.25, 0.3) is 0 Å². The van der Waals surface area contributed by atoms with Crippen molar-refractivity contribution in [3.63, 3.8) is 0 Å². The van der Waals surface area contributed by atoms with Crippen molar-refractivity contribution in [2.75, 3.05) is 13.1 Å². The highest BCUT2D eigenvalue weighted by molar-refractivity contribution is 5.77. The van der Waals surface area contributed by atoms with Gasteiger partial charge in [-0.15, -0.1) is 0 Å². The first-order valence-electron chi connectivity index (χ1n) is 6.69. The Bertz CT molecular complexity index is 459. The van der Waals surface area contributed by atoms with Gasteiger partial charge in [0.15, 0.2) is 0 Å². The van der Waals surface area contributed by atoms with Crippen LogP contribution in [-0.4, -0.2) is 35.0 Å². The quantitative estimate of drug-likeness (QED) is 0.834. The molecular formula is C15H20FNO3. The number of halogens is 1. The molecule has 1 aromatic rings. The van der Waals surface area contributed by atoms with Crippen LogP contribution in [0.5, 0.6) is 0 Å². The minimum absolute atomic E-state index is 0.0692. The second-order valence-electron chi connectivity index (χ2n) is 4.81. The van der Waals surface area contributed by atoms with Crippen LogP contribution in [0.1, 0.15) is 25.8 Å². The van der Waals surface area contributed by atoms with Crippen molar-refractivity contribution in [1.82, 2.24) is 4.90 Å². The molecule has 1 amide bonds. The number of amides is 1. The Morgan fingerprint density at radius 2 is 1.90 bits per heavy atom. The Morgan fingerprint density at radius 1 is 1.30 bits per heavy atom. The molecular weight excluding hydrogens is 261 g/mol. The van der Waals surface area contributed by atoms with Crippen LogP contribution in [0.15, 0.2) is 24.3 Å². The molecule has 0 aliphatic carbocycles. The number of rotatable bonds is 7. The van der Waals surface area contributed by atoms with Crippen molar-refractivity contribution in [3.05, 3.63) is 35.6 Å². The van der Waals surface area contributed by atoms with E-state index in [0.29, 0.717) is 19.4 Å². The van der Waals surface area contributed by atoms with Gasteiger partial charge < -0.3 is 10.0 Å². The minimum atomic E-state index is -0.916. The van der Waals surface area contributed by atoms with Crippen LogP contribution in [0.25, 0.3) is 0 Å². The third kappa shape index (κ3) is 4.99. The summed E-state index contributed by atoms with van der Waals surface area (Å²) in [6.45, 7) is 3.97. The number of aliphatic carboxylic acids is 1. The van der Waals surface area contributed by atoms with Crippen molar-refractivity contribution in [1.29, 1.82) is 0 Å². The number of hydrogen-bond donors (Lipinski definition) is 1. The van der Waals surface area contributed by atoms with Crippen LogP contribution in [0.3, 0.4) is 0 Å². The maximum atomic E-state index is 12.8. The number of carboxylic acid groups (broad SMARTS) is 1. The highest BCUT2D eigenvalue weighted by Crippen LogP contribution is 2.08. The number of hydrogen-bond acceptors (Lipinski definition) is 2. The lowest BCUT2D eigenvalue weighted by molar-refractivity contribution is -0.143. The summed E-state index contributed by atoms with van der Waals surface area (Å²) in [5.74, 6) is -1.88. The molecule has 0 bridgehead atoms. The van der Waals surface area contributed by atoms with Crippen LogP contribution in [0, 0.1) is 11.7 Å². The zero-order chi connectivity index (χ0) is 15.1. The monoisotopic (exact) mass is 281 g/mol. The molecule has 4 nitrogen and oxygen atoms in total. The molecule has 1 rings (SSSR count). The van der Waals surface area contributed by atoms with Gasteiger partial charge in [0.1, 0.15) is 5.82 Å². The van der Waals surface area contributed by atoms with Gasteiger partial charge in [0.05, 0.1) is 5.92 Å². The molecule has 0 heterocycles. The summed E-state index contributed by atoms with van der Waals surface area (Å²) >= 11 is 0. The van der Waals surface area contributed by atoms with E-state index in [-0.39, 0.29) is 18.3 Å². The number of benzene rings is 1.